The number of carbonyl (C=O) groups excluding carboxylic acids is 1. The fourth-order valence-electron chi connectivity index (χ4n) is 3.55. The molecule has 1 heterocycles. The van der Waals surface area contributed by atoms with E-state index in [2.05, 4.69) is 15.9 Å². The van der Waals surface area contributed by atoms with E-state index in [1.165, 1.54) is 23.0 Å². The van der Waals surface area contributed by atoms with Gasteiger partial charge in [-0.25, -0.2) is 4.79 Å². The normalized spacial score (nSPS) is 11.7. The summed E-state index contributed by atoms with van der Waals surface area (Å²) in [6.45, 7) is 4.27. The molecule has 0 spiro atoms. The molecule has 0 radical (unpaired) electrons. The van der Waals surface area contributed by atoms with Crippen LogP contribution in [0.2, 0.25) is 0 Å². The van der Waals surface area contributed by atoms with Crippen LogP contribution >= 0.6 is 0 Å². The van der Waals surface area contributed by atoms with Gasteiger partial charge in [0.15, 0.2) is 0 Å². The molecule has 4 rings (SSSR count). The molecule has 194 valence electrons. The molecule has 0 fully saturated rings. The number of hydrogen-bond acceptors (Lipinski definition) is 4. The van der Waals surface area contributed by atoms with Gasteiger partial charge in [0.05, 0.1) is 12.1 Å². The van der Waals surface area contributed by atoms with Crippen molar-refractivity contribution in [3.8, 4) is 11.1 Å². The Morgan fingerprint density at radius 2 is 1.65 bits per heavy atom. The van der Waals surface area contributed by atoms with E-state index < -0.39 is 17.8 Å². The zero-order valence-corrected chi connectivity index (χ0v) is 20.5. The molecular weight excluding hydrogens is 483 g/mol. The molecule has 3 aromatic carbocycles. The third-order valence-electron chi connectivity index (χ3n) is 5.35. The molecule has 0 saturated heterocycles. The summed E-state index contributed by atoms with van der Waals surface area (Å²) in [5.41, 5.74) is 8.34. The van der Waals surface area contributed by atoms with Crippen LogP contribution in [0.1, 0.15) is 31.0 Å². The van der Waals surface area contributed by atoms with Crippen molar-refractivity contribution in [2.75, 3.05) is 17.2 Å². The monoisotopic (exact) mass is 512 g/mol. The molecule has 0 bridgehead atoms. The van der Waals surface area contributed by atoms with Crippen molar-refractivity contribution in [3.05, 3.63) is 96.2 Å². The fraction of sp³-hybridized carbons (Fsp3) is 0.222. The largest absolute Gasteiger partial charge is 0.416 e. The number of halogens is 3. The van der Waals surface area contributed by atoms with Gasteiger partial charge in [0.25, 0.3) is 6.20 Å². The smallest absolute Gasteiger partial charge is 0.325 e. The van der Waals surface area contributed by atoms with Crippen LogP contribution in [0.15, 0.2) is 89.6 Å². The number of nitrogens with zero attached hydrogens (tertiary/aromatic N) is 2. The topological polar surface area (TPSA) is 97.1 Å². The first-order valence-electron chi connectivity index (χ1n) is 11.8. The van der Waals surface area contributed by atoms with E-state index in [9.17, 15) is 18.0 Å². The van der Waals surface area contributed by atoms with Crippen LogP contribution < -0.4 is 21.0 Å². The van der Waals surface area contributed by atoms with Gasteiger partial charge in [-0.1, -0.05) is 74.5 Å². The summed E-state index contributed by atoms with van der Waals surface area (Å²) in [7, 11) is 0. The second-order valence-corrected chi connectivity index (χ2v) is 7.86. The highest BCUT2D eigenvalue weighted by atomic mass is 19.4. The third kappa shape index (κ3) is 7.65. The van der Waals surface area contributed by atoms with Gasteiger partial charge < -0.3 is 11.1 Å². The number of urea groups is 1. The Morgan fingerprint density at radius 1 is 0.973 bits per heavy atom. The summed E-state index contributed by atoms with van der Waals surface area (Å²) in [5, 5.41) is 8.68. The maximum atomic E-state index is 12.9. The SMILES string of the molecule is CC.NC[C@H](Cc1ccc(-c2ccccc2)cc1)[n+]1cc(NC(=O)Nc2cccc(C(F)(F)F)c2)on1. The van der Waals surface area contributed by atoms with Gasteiger partial charge in [0.1, 0.15) is 0 Å². The third-order valence-corrected chi connectivity index (χ3v) is 5.35. The number of amides is 2. The van der Waals surface area contributed by atoms with Crippen molar-refractivity contribution in [1.82, 2.24) is 5.27 Å². The molecule has 2 amide bonds. The summed E-state index contributed by atoms with van der Waals surface area (Å²) in [6, 6.07) is 21.5. The summed E-state index contributed by atoms with van der Waals surface area (Å²) < 4.78 is 45.2. The van der Waals surface area contributed by atoms with Gasteiger partial charge in [-0.3, -0.25) is 9.84 Å². The first kappa shape index (κ1) is 27.4. The van der Waals surface area contributed by atoms with Crippen molar-refractivity contribution in [2.45, 2.75) is 32.5 Å². The molecule has 0 aliphatic rings. The average molecular weight is 513 g/mol. The molecule has 7 nitrogen and oxygen atoms in total. The van der Waals surface area contributed by atoms with Crippen molar-refractivity contribution in [2.24, 2.45) is 5.73 Å². The molecule has 4 aromatic rings. The Kier molecular flexibility index (Phi) is 9.39. The second-order valence-electron chi connectivity index (χ2n) is 7.86. The minimum absolute atomic E-state index is 0.0106. The quantitative estimate of drug-likeness (QED) is 0.262. The maximum absolute atomic E-state index is 12.9. The minimum Gasteiger partial charge on any atom is -0.325 e. The molecule has 10 heteroatoms. The highest BCUT2D eigenvalue weighted by Crippen LogP contribution is 2.30. The lowest BCUT2D eigenvalue weighted by atomic mass is 10.0. The van der Waals surface area contributed by atoms with Crippen LogP contribution in [0.3, 0.4) is 0 Å². The average Bonchev–Trinajstić information content (AvgIpc) is 3.37. The Morgan fingerprint density at radius 3 is 2.30 bits per heavy atom. The van der Waals surface area contributed by atoms with Gasteiger partial charge in [0, 0.05) is 12.1 Å². The van der Waals surface area contributed by atoms with E-state index in [4.69, 9.17) is 10.3 Å². The molecule has 0 aliphatic heterocycles. The Balaban J connectivity index is 0.00000186. The Hall–Kier alpha value is -4.18. The predicted octanol–water partition coefficient (Wildman–Crippen LogP) is 6.06. The lowest BCUT2D eigenvalue weighted by molar-refractivity contribution is -0.782. The number of carbonyl (C=O) groups is 1. The number of alkyl halides is 3. The summed E-state index contributed by atoms with van der Waals surface area (Å²) in [4.78, 5) is 12.2. The van der Waals surface area contributed by atoms with Gasteiger partial charge >= 0.3 is 18.1 Å². The van der Waals surface area contributed by atoms with Gasteiger partial charge in [-0.2, -0.15) is 13.2 Å². The van der Waals surface area contributed by atoms with Crippen molar-refractivity contribution < 1.29 is 27.2 Å². The molecule has 0 saturated carbocycles. The number of aromatic nitrogens is 2. The van der Waals surface area contributed by atoms with Crippen molar-refractivity contribution in [3.63, 3.8) is 0 Å². The molecule has 37 heavy (non-hydrogen) atoms. The van der Waals surface area contributed by atoms with Crippen LogP contribution in [0, 0.1) is 0 Å². The summed E-state index contributed by atoms with van der Waals surface area (Å²) in [6.07, 6.45) is -2.45. The molecule has 0 aliphatic carbocycles. The number of rotatable bonds is 7. The first-order chi connectivity index (χ1) is 17.8. The Bertz CT molecular complexity index is 1280. The first-order valence-corrected chi connectivity index (χ1v) is 11.8. The van der Waals surface area contributed by atoms with Crippen LogP contribution in [0.25, 0.3) is 11.1 Å². The summed E-state index contributed by atoms with van der Waals surface area (Å²) in [5.74, 6) is 0.0207. The number of nitrogens with two attached hydrogens (primary N) is 1. The van der Waals surface area contributed by atoms with Crippen molar-refractivity contribution >= 4 is 17.6 Å². The lowest BCUT2D eigenvalue weighted by Gasteiger charge is -2.09. The van der Waals surface area contributed by atoms with E-state index in [0.717, 1.165) is 28.8 Å². The van der Waals surface area contributed by atoms with Crippen LogP contribution in [0.4, 0.5) is 29.5 Å². The number of benzene rings is 3. The van der Waals surface area contributed by atoms with Gasteiger partial charge in [0.2, 0.25) is 11.3 Å². The molecular formula is C27H29F3N5O2+. The van der Waals surface area contributed by atoms with Gasteiger partial charge in [-0.05, 0) is 39.6 Å². The van der Waals surface area contributed by atoms with E-state index in [-0.39, 0.29) is 24.2 Å². The number of hydrogen-bond donors (Lipinski definition) is 3. The highest BCUT2D eigenvalue weighted by molar-refractivity contribution is 5.98. The van der Waals surface area contributed by atoms with E-state index in [1.54, 1.807) is 0 Å². The van der Waals surface area contributed by atoms with E-state index in [1.807, 2.05) is 68.4 Å². The fourth-order valence-corrected chi connectivity index (χ4v) is 3.55. The Labute approximate surface area is 213 Å². The molecule has 4 N–H and O–H groups in total. The second kappa shape index (κ2) is 12.7. The number of nitrogens with one attached hydrogen (secondary N) is 2. The highest BCUT2D eigenvalue weighted by Gasteiger charge is 2.30. The van der Waals surface area contributed by atoms with Crippen molar-refractivity contribution in [1.29, 1.82) is 0 Å². The van der Waals surface area contributed by atoms with Crippen LogP contribution in [-0.4, -0.2) is 17.8 Å². The van der Waals surface area contributed by atoms with Gasteiger partial charge in [-0.15, -0.1) is 0 Å². The minimum atomic E-state index is -4.51. The van der Waals surface area contributed by atoms with Crippen LogP contribution in [-0.2, 0) is 12.6 Å². The molecule has 0 unspecified atom stereocenters. The van der Waals surface area contributed by atoms with E-state index in [0.29, 0.717) is 6.42 Å². The summed E-state index contributed by atoms with van der Waals surface area (Å²) >= 11 is 0. The zero-order valence-electron chi connectivity index (χ0n) is 20.5. The lowest BCUT2D eigenvalue weighted by Crippen LogP contribution is -2.45. The zero-order chi connectivity index (χ0) is 26.8. The predicted molar refractivity (Wildman–Crippen MR) is 136 cm³/mol. The standard InChI is InChI=1S/C25H22F3N5O2.C2H6/c26-25(27,28)20-7-4-8-21(14-20)30-24(34)31-23-16-33(32-35-23)22(15-29)13-17-9-11-19(12-10-17)18-5-2-1-3-6-18;1-2/h1-12,14,16,22H,13,15,29H2,(H-,30,31,32,34);1-2H3/p+1/t22-;/m0./s1. The molecule has 1 aromatic heterocycles. The van der Waals surface area contributed by atoms with Crippen LogP contribution in [0.5, 0.6) is 0 Å². The maximum Gasteiger partial charge on any atom is 0.416 e. The molecule has 1 atom stereocenters. The number of anilines is 2. The van der Waals surface area contributed by atoms with E-state index >= 15 is 0 Å².